The number of nitrogens with zero attached hydrogens (tertiary/aromatic N) is 8. The first-order valence-corrected chi connectivity index (χ1v) is 18.9. The van der Waals surface area contributed by atoms with Gasteiger partial charge < -0.3 is 15.1 Å². The van der Waals surface area contributed by atoms with E-state index in [-0.39, 0.29) is 29.7 Å². The van der Waals surface area contributed by atoms with Crippen LogP contribution in [0.2, 0.25) is 0 Å². The second kappa shape index (κ2) is 13.1. The number of carbonyl (C=O) groups is 5. The number of imide groups is 2. The average molecular weight is 785 g/mol. The van der Waals surface area contributed by atoms with Gasteiger partial charge in [0, 0.05) is 87.4 Å². The van der Waals surface area contributed by atoms with Gasteiger partial charge in [-0.1, -0.05) is 6.07 Å². The molecule has 3 aromatic rings. The Morgan fingerprint density at radius 3 is 2.12 bits per heavy atom. The van der Waals surface area contributed by atoms with Crippen LogP contribution in [0.1, 0.15) is 59.4 Å². The Bertz CT molecular complexity index is 2270. The molecule has 3 atom stereocenters. The van der Waals surface area contributed by atoms with Crippen LogP contribution in [0.3, 0.4) is 0 Å². The molecular weight excluding hydrogens is 745 g/mol. The summed E-state index contributed by atoms with van der Waals surface area (Å²) in [5, 5.41) is 9.21. The number of piperidine rings is 1. The van der Waals surface area contributed by atoms with E-state index in [1.54, 1.807) is 38.4 Å². The van der Waals surface area contributed by atoms with Crippen molar-refractivity contribution >= 4 is 52.3 Å². The van der Waals surface area contributed by atoms with Crippen LogP contribution < -0.4 is 20.4 Å². The standard InChI is InChI=1S/C39H39F3N10O5/c1-38(2,37(57)45-21-4-7-31(43-3)30(10-21)39(40,41)42)51-20-25(13-44-51)48-16-27(17-48)50-19-23-11-24(50)18-49(23)26-14-47(15-26)22-5-6-28-29(12-22)36(56)52(35(28)55)32-8-9-33(53)46-34(32)54/h4-7,10,12-13,20,23-24,26-27,32H,8-9,11,14-19H2,1-2H3,(H,45,57)(H,46,53,54). The SMILES string of the molecule is [C-]#[N+]c1ccc(NC(=O)C(C)(C)n2cc(N3CC(N4CC5CC4CN5C4CN(c5ccc6c(c5)C(=O)N(C5CCC(=O)NC5=O)C6=O)C4)C3)cn2)cc1C(F)(F)F. The predicted molar refractivity (Wildman–Crippen MR) is 199 cm³/mol. The molecule has 7 heterocycles. The van der Waals surface area contributed by atoms with Gasteiger partial charge in [-0.3, -0.25) is 48.7 Å². The number of alkyl halides is 3. The summed E-state index contributed by atoms with van der Waals surface area (Å²) < 4.78 is 41.9. The zero-order chi connectivity index (χ0) is 40.1. The summed E-state index contributed by atoms with van der Waals surface area (Å²) >= 11 is 0. The Labute approximate surface area is 325 Å². The fraction of sp³-hybridized carbons (Fsp3) is 0.462. The van der Waals surface area contributed by atoms with Crippen LogP contribution in [-0.2, 0) is 26.1 Å². The molecule has 5 fully saturated rings. The number of fused-ring (bicyclic) bond motifs is 3. The summed E-state index contributed by atoms with van der Waals surface area (Å²) in [6, 6.07) is 9.01. The molecule has 2 N–H and O–H groups in total. The van der Waals surface area contributed by atoms with Gasteiger partial charge in [-0.15, -0.1) is 0 Å². The molecule has 1 aromatic heterocycles. The van der Waals surface area contributed by atoms with Gasteiger partial charge in [0.1, 0.15) is 11.6 Å². The quantitative estimate of drug-likeness (QED) is 0.258. The summed E-state index contributed by atoms with van der Waals surface area (Å²) in [7, 11) is 0. The molecule has 3 unspecified atom stereocenters. The zero-order valence-corrected chi connectivity index (χ0v) is 31.1. The van der Waals surface area contributed by atoms with Crippen LogP contribution >= 0.6 is 0 Å². The van der Waals surface area contributed by atoms with Crippen molar-refractivity contribution in [3.8, 4) is 0 Å². The van der Waals surface area contributed by atoms with Crippen LogP contribution in [0.25, 0.3) is 4.85 Å². The van der Waals surface area contributed by atoms with Gasteiger partial charge in [-0.25, -0.2) is 4.85 Å². The van der Waals surface area contributed by atoms with Gasteiger partial charge in [0.05, 0.1) is 35.1 Å². The molecule has 18 heteroatoms. The fourth-order valence-electron chi connectivity index (χ4n) is 9.14. The Kier molecular flexibility index (Phi) is 8.48. The Morgan fingerprint density at radius 2 is 1.51 bits per heavy atom. The van der Waals surface area contributed by atoms with E-state index in [9.17, 15) is 37.1 Å². The van der Waals surface area contributed by atoms with Crippen molar-refractivity contribution in [3.63, 3.8) is 0 Å². The summed E-state index contributed by atoms with van der Waals surface area (Å²) in [6.45, 7) is 15.5. The monoisotopic (exact) mass is 784 g/mol. The van der Waals surface area contributed by atoms with E-state index in [1.807, 2.05) is 6.07 Å². The highest BCUT2D eigenvalue weighted by atomic mass is 19.4. The molecule has 296 valence electrons. The smallest absolute Gasteiger partial charge is 0.368 e. The highest BCUT2D eigenvalue weighted by molar-refractivity contribution is 6.23. The van der Waals surface area contributed by atoms with E-state index in [1.165, 1.54) is 10.7 Å². The largest absolute Gasteiger partial charge is 0.407 e. The van der Waals surface area contributed by atoms with E-state index in [2.05, 4.69) is 40.2 Å². The third-order valence-electron chi connectivity index (χ3n) is 12.5. The number of nitrogens with one attached hydrogen (secondary N) is 2. The van der Waals surface area contributed by atoms with Gasteiger partial charge in [-0.2, -0.15) is 18.3 Å². The van der Waals surface area contributed by atoms with Crippen molar-refractivity contribution in [3.05, 3.63) is 76.9 Å². The third-order valence-corrected chi connectivity index (χ3v) is 12.5. The summed E-state index contributed by atoms with van der Waals surface area (Å²) in [4.78, 5) is 77.2. The van der Waals surface area contributed by atoms with Gasteiger partial charge in [0.25, 0.3) is 17.7 Å². The summed E-state index contributed by atoms with van der Waals surface area (Å²) in [6.07, 6.45) is 0.0324. The fourth-order valence-corrected chi connectivity index (χ4v) is 9.14. The Balaban J connectivity index is 0.760. The normalized spacial score (nSPS) is 24.4. The van der Waals surface area contributed by atoms with Gasteiger partial charge >= 0.3 is 6.18 Å². The highest BCUT2D eigenvalue weighted by Crippen LogP contribution is 2.41. The first-order valence-electron chi connectivity index (χ1n) is 18.9. The number of aromatic nitrogens is 2. The number of carbonyl (C=O) groups excluding carboxylic acids is 5. The molecule has 0 spiro atoms. The zero-order valence-electron chi connectivity index (χ0n) is 31.1. The molecule has 0 saturated carbocycles. The van der Waals surface area contributed by atoms with Crippen molar-refractivity contribution in [1.29, 1.82) is 0 Å². The maximum absolute atomic E-state index is 13.5. The maximum Gasteiger partial charge on any atom is 0.407 e. The number of benzene rings is 2. The van der Waals surface area contributed by atoms with Gasteiger partial charge in [0.15, 0.2) is 5.69 Å². The van der Waals surface area contributed by atoms with Crippen molar-refractivity contribution < 1.29 is 37.1 Å². The Hall–Kier alpha value is -5.80. The van der Waals surface area contributed by atoms with Crippen LogP contribution in [0.15, 0.2) is 48.8 Å². The number of anilines is 3. The van der Waals surface area contributed by atoms with Crippen molar-refractivity contribution in [2.45, 2.75) is 75.0 Å². The molecule has 2 aromatic carbocycles. The molecule has 2 bridgehead atoms. The summed E-state index contributed by atoms with van der Waals surface area (Å²) in [5.41, 5.74) is -0.654. The van der Waals surface area contributed by atoms with Crippen LogP contribution in [-0.4, -0.2) is 123 Å². The minimum Gasteiger partial charge on any atom is -0.368 e. The average Bonchev–Trinajstić information content (AvgIpc) is 3.92. The number of rotatable bonds is 8. The van der Waals surface area contributed by atoms with E-state index in [4.69, 9.17) is 6.57 Å². The molecule has 15 nitrogen and oxygen atoms in total. The molecule has 5 saturated heterocycles. The molecule has 6 aliphatic rings. The minimum atomic E-state index is -4.73. The second-order valence-corrected chi connectivity index (χ2v) is 16.2. The van der Waals surface area contributed by atoms with E-state index < -0.39 is 58.5 Å². The lowest BCUT2D eigenvalue weighted by molar-refractivity contribution is -0.137. The van der Waals surface area contributed by atoms with Crippen molar-refractivity contribution in [1.82, 2.24) is 29.8 Å². The molecule has 0 aliphatic carbocycles. The minimum absolute atomic E-state index is 0.0593. The highest BCUT2D eigenvalue weighted by Gasteiger charge is 2.52. The molecular formula is C39H39F3N10O5. The summed E-state index contributed by atoms with van der Waals surface area (Å²) in [5.74, 6) is -2.61. The van der Waals surface area contributed by atoms with E-state index >= 15 is 0 Å². The lowest BCUT2D eigenvalue weighted by Crippen LogP contribution is -2.67. The molecule has 5 amide bonds. The number of amides is 5. The number of hydrogen-bond donors (Lipinski definition) is 2. The molecule has 6 aliphatic heterocycles. The Morgan fingerprint density at radius 1 is 0.860 bits per heavy atom. The molecule has 0 radical (unpaired) electrons. The third kappa shape index (κ3) is 6.11. The van der Waals surface area contributed by atoms with Gasteiger partial charge in [0.2, 0.25) is 11.8 Å². The van der Waals surface area contributed by atoms with E-state index in [0.717, 1.165) is 74.1 Å². The maximum atomic E-state index is 13.5. The van der Waals surface area contributed by atoms with E-state index in [0.29, 0.717) is 24.2 Å². The van der Waals surface area contributed by atoms with Crippen molar-refractivity contribution in [2.24, 2.45) is 0 Å². The second-order valence-electron chi connectivity index (χ2n) is 16.2. The number of halogens is 3. The number of likely N-dealkylation sites (tertiary alicyclic amines) is 2. The first-order chi connectivity index (χ1) is 27.1. The lowest BCUT2D eigenvalue weighted by atomic mass is 10.0. The van der Waals surface area contributed by atoms with Crippen LogP contribution in [0, 0.1) is 6.57 Å². The number of hydrogen-bond acceptors (Lipinski definition) is 10. The lowest BCUT2D eigenvalue weighted by Gasteiger charge is -2.52. The topological polar surface area (TPSA) is 148 Å². The molecule has 57 heavy (non-hydrogen) atoms. The first kappa shape index (κ1) is 36.8. The predicted octanol–water partition coefficient (Wildman–Crippen LogP) is 3.06. The molecule has 9 rings (SSSR count). The van der Waals surface area contributed by atoms with Crippen LogP contribution in [0.5, 0.6) is 0 Å². The van der Waals surface area contributed by atoms with Crippen molar-refractivity contribution in [2.75, 3.05) is 54.4 Å². The number of piperazine rings is 1. The van der Waals surface area contributed by atoms with Crippen LogP contribution in [0.4, 0.5) is 35.9 Å². The van der Waals surface area contributed by atoms with Gasteiger partial charge in [-0.05, 0) is 57.0 Å².